The van der Waals surface area contributed by atoms with Gasteiger partial charge < -0.3 is 19.9 Å². The number of hydrogen-bond donors (Lipinski definition) is 2. The highest BCUT2D eigenvalue weighted by atomic mass is 35.5. The van der Waals surface area contributed by atoms with Gasteiger partial charge in [0.2, 0.25) is 0 Å². The molecule has 0 saturated heterocycles. The molecule has 1 aromatic carbocycles. The number of benzene rings is 1. The molecule has 0 aliphatic rings. The van der Waals surface area contributed by atoms with Crippen LogP contribution in [-0.2, 0) is 9.53 Å². The van der Waals surface area contributed by atoms with Gasteiger partial charge >= 0.3 is 5.97 Å². The highest BCUT2D eigenvalue weighted by molar-refractivity contribution is 6.30. The minimum Gasteiger partial charge on any atom is -0.504 e. The zero-order valence-corrected chi connectivity index (χ0v) is 15.1. The number of rotatable bonds is 6. The standard InChI is InChI=1S/C18H18ClN3O4/c1-3-26-16(24)9-20-18-17(11-4-6-13(23)14(8-11)25-2)21-15-7-5-12(19)10-22(15)18/h4-8,10,20,23H,3,9H2,1-2H3. The molecule has 0 radical (unpaired) electrons. The van der Waals surface area contributed by atoms with E-state index in [1.807, 2.05) is 0 Å². The number of anilines is 1. The molecule has 136 valence electrons. The molecule has 0 aliphatic carbocycles. The summed E-state index contributed by atoms with van der Waals surface area (Å²) in [5.41, 5.74) is 1.96. The minimum absolute atomic E-state index is 0.0175. The summed E-state index contributed by atoms with van der Waals surface area (Å²) in [5.74, 6) is 0.569. The van der Waals surface area contributed by atoms with Crippen molar-refractivity contribution < 1.29 is 19.4 Å². The first kappa shape index (κ1) is 17.9. The number of hydrogen-bond acceptors (Lipinski definition) is 6. The monoisotopic (exact) mass is 375 g/mol. The number of aromatic nitrogens is 2. The lowest BCUT2D eigenvalue weighted by molar-refractivity contribution is -0.140. The number of pyridine rings is 1. The molecule has 0 atom stereocenters. The van der Waals surface area contributed by atoms with E-state index in [0.717, 1.165) is 0 Å². The molecule has 0 aliphatic heterocycles. The number of nitrogens with one attached hydrogen (secondary N) is 1. The zero-order valence-electron chi connectivity index (χ0n) is 14.3. The van der Waals surface area contributed by atoms with Crippen LogP contribution in [0.25, 0.3) is 16.9 Å². The summed E-state index contributed by atoms with van der Waals surface area (Å²) in [6, 6.07) is 8.44. The Hall–Kier alpha value is -2.93. The second-order valence-corrected chi connectivity index (χ2v) is 5.87. The summed E-state index contributed by atoms with van der Waals surface area (Å²) >= 11 is 6.11. The molecule has 2 heterocycles. The van der Waals surface area contributed by atoms with E-state index >= 15 is 0 Å². The van der Waals surface area contributed by atoms with Gasteiger partial charge in [0.25, 0.3) is 0 Å². The number of carbonyl (C=O) groups excluding carboxylic acids is 1. The molecule has 0 saturated carbocycles. The second-order valence-electron chi connectivity index (χ2n) is 5.43. The number of esters is 1. The lowest BCUT2D eigenvalue weighted by atomic mass is 10.1. The molecule has 2 aromatic heterocycles. The summed E-state index contributed by atoms with van der Waals surface area (Å²) < 4.78 is 11.9. The van der Waals surface area contributed by atoms with Gasteiger partial charge in [-0.1, -0.05) is 11.6 Å². The SMILES string of the molecule is CCOC(=O)CNc1c(-c2ccc(O)c(OC)c2)nc2ccc(Cl)cn12. The topological polar surface area (TPSA) is 85.1 Å². The number of aromatic hydroxyl groups is 1. The molecule has 8 heteroatoms. The summed E-state index contributed by atoms with van der Waals surface area (Å²) in [7, 11) is 1.47. The Morgan fingerprint density at radius 1 is 1.35 bits per heavy atom. The fraction of sp³-hybridized carbons (Fsp3) is 0.222. The molecular weight excluding hydrogens is 358 g/mol. The van der Waals surface area contributed by atoms with Gasteiger partial charge in [-0.05, 0) is 37.3 Å². The van der Waals surface area contributed by atoms with Gasteiger partial charge in [-0.25, -0.2) is 4.98 Å². The Balaban J connectivity index is 2.08. The molecule has 0 unspecified atom stereocenters. The number of fused-ring (bicyclic) bond motifs is 1. The van der Waals surface area contributed by atoms with E-state index in [1.54, 1.807) is 41.8 Å². The van der Waals surface area contributed by atoms with Crippen molar-refractivity contribution in [1.82, 2.24) is 9.38 Å². The minimum atomic E-state index is -0.376. The molecule has 26 heavy (non-hydrogen) atoms. The maximum Gasteiger partial charge on any atom is 0.325 e. The van der Waals surface area contributed by atoms with Crippen molar-refractivity contribution in [3.05, 3.63) is 41.6 Å². The average Bonchev–Trinajstić information content (AvgIpc) is 2.98. The maximum absolute atomic E-state index is 11.7. The first-order chi connectivity index (χ1) is 12.5. The van der Waals surface area contributed by atoms with Gasteiger partial charge in [0.15, 0.2) is 11.5 Å². The Morgan fingerprint density at radius 2 is 2.15 bits per heavy atom. The first-order valence-electron chi connectivity index (χ1n) is 7.98. The molecule has 0 amide bonds. The lowest BCUT2D eigenvalue weighted by Crippen LogP contribution is -2.17. The van der Waals surface area contributed by atoms with Crippen LogP contribution in [0.1, 0.15) is 6.92 Å². The Kier molecular flexibility index (Phi) is 5.18. The van der Waals surface area contributed by atoms with Gasteiger partial charge in [-0.15, -0.1) is 0 Å². The van der Waals surface area contributed by atoms with Gasteiger partial charge in [0, 0.05) is 11.8 Å². The number of carbonyl (C=O) groups is 1. The number of ether oxygens (including phenoxy) is 2. The van der Waals surface area contributed by atoms with E-state index < -0.39 is 0 Å². The van der Waals surface area contributed by atoms with Crippen LogP contribution in [0.4, 0.5) is 5.82 Å². The smallest absolute Gasteiger partial charge is 0.325 e. The van der Waals surface area contributed by atoms with Crippen molar-refractivity contribution in [3.63, 3.8) is 0 Å². The van der Waals surface area contributed by atoms with Crippen LogP contribution in [0.3, 0.4) is 0 Å². The second kappa shape index (κ2) is 7.53. The van der Waals surface area contributed by atoms with Crippen molar-refractivity contribution >= 4 is 29.0 Å². The summed E-state index contributed by atoms with van der Waals surface area (Å²) in [5, 5.41) is 13.4. The van der Waals surface area contributed by atoms with Crippen molar-refractivity contribution in [2.24, 2.45) is 0 Å². The molecule has 2 N–H and O–H groups in total. The van der Waals surface area contributed by atoms with Crippen LogP contribution >= 0.6 is 11.6 Å². The van der Waals surface area contributed by atoms with Gasteiger partial charge in [-0.2, -0.15) is 0 Å². The Labute approximate surface area is 155 Å². The molecule has 3 rings (SSSR count). The largest absolute Gasteiger partial charge is 0.504 e. The third kappa shape index (κ3) is 3.52. The molecule has 0 fully saturated rings. The summed E-state index contributed by atoms with van der Waals surface area (Å²) in [6.07, 6.45) is 1.71. The fourth-order valence-electron chi connectivity index (χ4n) is 2.58. The first-order valence-corrected chi connectivity index (χ1v) is 8.35. The maximum atomic E-state index is 11.7. The fourth-order valence-corrected chi connectivity index (χ4v) is 2.74. The van der Waals surface area contributed by atoms with Crippen molar-refractivity contribution in [2.75, 3.05) is 25.6 Å². The normalized spacial score (nSPS) is 10.7. The third-order valence-corrected chi connectivity index (χ3v) is 3.96. The van der Waals surface area contributed by atoms with Crippen molar-refractivity contribution in [1.29, 1.82) is 0 Å². The van der Waals surface area contributed by atoms with Gasteiger partial charge in [0.05, 0.1) is 18.7 Å². The van der Waals surface area contributed by atoms with Crippen LogP contribution in [0.5, 0.6) is 11.5 Å². The number of phenols is 1. The number of imidazole rings is 1. The molecule has 7 nitrogen and oxygen atoms in total. The predicted octanol–water partition coefficient (Wildman–Crippen LogP) is 3.34. The van der Waals surface area contributed by atoms with Gasteiger partial charge in [0.1, 0.15) is 23.7 Å². The zero-order chi connectivity index (χ0) is 18.7. The van der Waals surface area contributed by atoms with Crippen molar-refractivity contribution in [2.45, 2.75) is 6.92 Å². The van der Waals surface area contributed by atoms with Crippen molar-refractivity contribution in [3.8, 4) is 22.8 Å². The van der Waals surface area contributed by atoms with Gasteiger partial charge in [-0.3, -0.25) is 9.20 Å². The Morgan fingerprint density at radius 3 is 2.88 bits per heavy atom. The van der Waals surface area contributed by atoms with Crippen LogP contribution in [0.2, 0.25) is 5.02 Å². The molecule has 3 aromatic rings. The molecule has 0 spiro atoms. The average molecular weight is 376 g/mol. The van der Waals surface area contributed by atoms with E-state index in [4.69, 9.17) is 21.1 Å². The quantitative estimate of drug-likeness (QED) is 0.643. The van der Waals surface area contributed by atoms with E-state index in [-0.39, 0.29) is 18.3 Å². The number of phenolic OH excluding ortho intramolecular Hbond substituents is 1. The lowest BCUT2D eigenvalue weighted by Gasteiger charge is -2.10. The highest BCUT2D eigenvalue weighted by Gasteiger charge is 2.17. The van der Waals surface area contributed by atoms with E-state index in [2.05, 4.69) is 10.3 Å². The van der Waals surface area contributed by atoms with Crippen LogP contribution < -0.4 is 10.1 Å². The summed E-state index contributed by atoms with van der Waals surface area (Å²) in [6.45, 7) is 2.04. The number of methoxy groups -OCH3 is 1. The third-order valence-electron chi connectivity index (χ3n) is 3.74. The predicted molar refractivity (Wildman–Crippen MR) is 99.0 cm³/mol. The van der Waals surface area contributed by atoms with E-state index in [1.165, 1.54) is 13.2 Å². The highest BCUT2D eigenvalue weighted by Crippen LogP contribution is 2.35. The van der Waals surface area contributed by atoms with E-state index in [0.29, 0.717) is 40.1 Å². The number of nitrogens with zero attached hydrogens (tertiary/aromatic N) is 2. The van der Waals surface area contributed by atoms with E-state index in [9.17, 15) is 9.90 Å². The van der Waals surface area contributed by atoms with Crippen LogP contribution in [-0.4, -0.2) is 40.7 Å². The number of halogens is 1. The molecular formula is C18H18ClN3O4. The van der Waals surface area contributed by atoms with Crippen LogP contribution in [0.15, 0.2) is 36.5 Å². The Bertz CT molecular complexity index is 955. The van der Waals surface area contributed by atoms with Crippen LogP contribution in [0, 0.1) is 0 Å². The summed E-state index contributed by atoms with van der Waals surface area (Å²) in [4.78, 5) is 16.3. The molecule has 0 bridgehead atoms.